The molecule has 0 saturated heterocycles. The van der Waals surface area contributed by atoms with Crippen LogP contribution in [0.25, 0.3) is 0 Å². The molecule has 7 heteroatoms. The zero-order valence-corrected chi connectivity index (χ0v) is 16.6. The predicted octanol–water partition coefficient (Wildman–Crippen LogP) is 3.50. The van der Waals surface area contributed by atoms with E-state index in [9.17, 15) is 9.59 Å². The van der Waals surface area contributed by atoms with Gasteiger partial charge in [0.2, 0.25) is 0 Å². The van der Waals surface area contributed by atoms with E-state index in [0.29, 0.717) is 6.61 Å². The molecule has 0 atom stereocenters. The number of carbonyl (C=O) groups is 2. The van der Waals surface area contributed by atoms with E-state index < -0.39 is 11.7 Å². The number of hydrogen-bond donors (Lipinski definition) is 0. The molecule has 1 heterocycles. The van der Waals surface area contributed by atoms with Gasteiger partial charge in [0.05, 0.1) is 6.54 Å². The van der Waals surface area contributed by atoms with Crippen LogP contribution >= 0.6 is 20.7 Å². The van der Waals surface area contributed by atoms with E-state index in [1.54, 1.807) is 32.9 Å². The molecule has 0 unspecified atom stereocenters. The van der Waals surface area contributed by atoms with Crippen molar-refractivity contribution in [2.24, 2.45) is 0 Å². The molecule has 0 aliphatic carbocycles. The lowest BCUT2D eigenvalue weighted by atomic mass is 10.2. The van der Waals surface area contributed by atoms with Crippen molar-refractivity contribution in [3.63, 3.8) is 0 Å². The molecule has 0 bridgehead atoms. The molecule has 1 amide bonds. The molecule has 1 rings (SSSR count). The molecule has 1 aliphatic heterocycles. The zero-order chi connectivity index (χ0) is 18.0. The molecule has 0 fully saturated rings. The quantitative estimate of drug-likeness (QED) is 0.258. The Morgan fingerprint density at radius 3 is 2.58 bits per heavy atom. The number of hydrogen-bond acceptors (Lipinski definition) is 5. The van der Waals surface area contributed by atoms with Crippen molar-refractivity contribution in [3.8, 4) is 0 Å². The Morgan fingerprint density at radius 2 is 2.00 bits per heavy atom. The Bertz CT molecular complexity index is 558. The SMILES string of the molecule is CC(=O)OC/C=C/CN(OCC1=IC=CC=C1)C(=O)OC(C)(C)C. The molecule has 0 saturated carbocycles. The Morgan fingerprint density at radius 1 is 1.25 bits per heavy atom. The summed E-state index contributed by atoms with van der Waals surface area (Å²) in [6.07, 6.45) is 8.79. The van der Waals surface area contributed by atoms with Gasteiger partial charge in [-0.2, -0.15) is 5.06 Å². The van der Waals surface area contributed by atoms with Gasteiger partial charge in [0.25, 0.3) is 0 Å². The van der Waals surface area contributed by atoms with Gasteiger partial charge in [-0.3, -0.25) is 9.63 Å². The van der Waals surface area contributed by atoms with Crippen molar-refractivity contribution in [1.29, 1.82) is 0 Å². The Kier molecular flexibility index (Phi) is 8.91. The van der Waals surface area contributed by atoms with Crippen LogP contribution in [0.4, 0.5) is 4.79 Å². The molecule has 134 valence electrons. The fourth-order valence-corrected chi connectivity index (χ4v) is 3.11. The van der Waals surface area contributed by atoms with E-state index in [1.165, 1.54) is 15.5 Å². The summed E-state index contributed by atoms with van der Waals surface area (Å²) in [5.41, 5.74) is -0.603. The van der Waals surface area contributed by atoms with Crippen LogP contribution in [-0.4, -0.2) is 46.0 Å². The monoisotopic (exact) mass is 449 g/mol. The number of rotatable bonds is 7. The fraction of sp³-hybridized carbons (Fsp3) is 0.471. The number of hydroxylamine groups is 2. The van der Waals surface area contributed by atoms with Crippen molar-refractivity contribution >= 4 is 36.3 Å². The smallest absolute Gasteiger partial charge is 0.434 e. The summed E-state index contributed by atoms with van der Waals surface area (Å²) in [7, 11) is 0. The Hall–Kier alpha value is -1.48. The highest BCUT2D eigenvalue weighted by molar-refractivity contribution is 14.2. The first-order valence-corrected chi connectivity index (χ1v) is 9.84. The van der Waals surface area contributed by atoms with Crippen LogP contribution in [0.5, 0.6) is 0 Å². The van der Waals surface area contributed by atoms with Crippen LogP contribution in [0.15, 0.2) is 34.5 Å². The average Bonchev–Trinajstić information content (AvgIpc) is 2.48. The molecule has 0 aromatic heterocycles. The second-order valence-electron chi connectivity index (χ2n) is 5.82. The first-order valence-electron chi connectivity index (χ1n) is 7.52. The standard InChI is InChI=1S/C17H24INO5/c1-14(20)22-12-8-7-11-19(16(21)24-17(2,3)4)23-13-15-9-5-6-10-18-15/h5-10H,11-13H2,1-4H3/b8-7+. The molecule has 24 heavy (non-hydrogen) atoms. The maximum absolute atomic E-state index is 12.2. The van der Waals surface area contributed by atoms with Crippen LogP contribution in [0.2, 0.25) is 0 Å². The zero-order valence-electron chi connectivity index (χ0n) is 14.5. The second-order valence-corrected chi connectivity index (χ2v) is 8.55. The van der Waals surface area contributed by atoms with Gasteiger partial charge < -0.3 is 9.47 Å². The number of halogens is 1. The molecule has 6 nitrogen and oxygen atoms in total. The lowest BCUT2D eigenvalue weighted by Gasteiger charge is -2.26. The minimum Gasteiger partial charge on any atom is -0.462 e. The molecule has 0 radical (unpaired) electrons. The lowest BCUT2D eigenvalue weighted by molar-refractivity contribution is -0.139. The van der Waals surface area contributed by atoms with Crippen molar-refractivity contribution in [2.75, 3.05) is 19.8 Å². The summed E-state index contributed by atoms with van der Waals surface area (Å²) < 4.78 is 13.5. The number of allylic oxidation sites excluding steroid dienone is 2. The number of amides is 1. The van der Waals surface area contributed by atoms with Gasteiger partial charge in [-0.15, -0.1) is 0 Å². The van der Waals surface area contributed by atoms with E-state index in [-0.39, 0.29) is 39.9 Å². The summed E-state index contributed by atoms with van der Waals surface area (Å²) in [4.78, 5) is 28.6. The van der Waals surface area contributed by atoms with Crippen molar-refractivity contribution in [3.05, 3.63) is 34.5 Å². The number of carbonyl (C=O) groups excluding carboxylic acids is 2. The van der Waals surface area contributed by atoms with Gasteiger partial charge in [0.1, 0.15) is 18.8 Å². The fourth-order valence-electron chi connectivity index (χ4n) is 1.47. The molecular weight excluding hydrogens is 425 g/mol. The van der Waals surface area contributed by atoms with Gasteiger partial charge in [0, 0.05) is 10.4 Å². The summed E-state index contributed by atoms with van der Waals surface area (Å²) in [6.45, 7) is 7.47. The molecule has 0 N–H and O–H groups in total. The van der Waals surface area contributed by atoms with E-state index >= 15 is 0 Å². The maximum Gasteiger partial charge on any atom is 0.434 e. The van der Waals surface area contributed by atoms with Gasteiger partial charge in [-0.25, -0.2) is 4.79 Å². The predicted molar refractivity (Wildman–Crippen MR) is 102 cm³/mol. The lowest BCUT2D eigenvalue weighted by Crippen LogP contribution is -2.38. The normalized spacial score (nSPS) is 14.1. The van der Waals surface area contributed by atoms with Crippen molar-refractivity contribution in [1.82, 2.24) is 5.06 Å². The summed E-state index contributed by atoms with van der Waals surface area (Å²) in [5, 5.41) is 1.18. The third-order valence-corrected chi connectivity index (χ3v) is 4.69. The highest BCUT2D eigenvalue weighted by Crippen LogP contribution is 2.13. The number of ether oxygens (including phenoxy) is 2. The Labute approximate surface area is 152 Å². The molecule has 0 spiro atoms. The first kappa shape index (κ1) is 20.6. The van der Waals surface area contributed by atoms with Crippen LogP contribution in [0, 0.1) is 0 Å². The third-order valence-electron chi connectivity index (χ3n) is 2.44. The van der Waals surface area contributed by atoms with Crippen LogP contribution < -0.4 is 0 Å². The van der Waals surface area contributed by atoms with E-state index in [4.69, 9.17) is 14.3 Å². The largest absolute Gasteiger partial charge is 0.462 e. The van der Waals surface area contributed by atoms with Gasteiger partial charge in [0.15, 0.2) is 0 Å². The van der Waals surface area contributed by atoms with E-state index in [2.05, 4.69) is 4.08 Å². The van der Waals surface area contributed by atoms with Crippen LogP contribution in [0.3, 0.4) is 0 Å². The maximum atomic E-state index is 12.2. The number of esters is 1. The molecule has 0 aromatic carbocycles. The Balaban J connectivity index is 2.59. The van der Waals surface area contributed by atoms with Crippen LogP contribution in [-0.2, 0) is 19.1 Å². The van der Waals surface area contributed by atoms with E-state index in [0.717, 1.165) is 0 Å². The molecular formula is C17H24INO5. The van der Waals surface area contributed by atoms with E-state index in [1.807, 2.05) is 18.2 Å². The number of nitrogens with zero attached hydrogens (tertiary/aromatic N) is 1. The van der Waals surface area contributed by atoms with Gasteiger partial charge in [-0.1, -0.05) is 45.0 Å². The summed E-state index contributed by atoms with van der Waals surface area (Å²) >= 11 is -0.188. The second kappa shape index (κ2) is 10.4. The highest BCUT2D eigenvalue weighted by atomic mass is 127. The van der Waals surface area contributed by atoms with Crippen molar-refractivity contribution in [2.45, 2.75) is 33.3 Å². The first-order chi connectivity index (χ1) is 11.3. The van der Waals surface area contributed by atoms with Crippen LogP contribution in [0.1, 0.15) is 27.7 Å². The van der Waals surface area contributed by atoms with Gasteiger partial charge in [-0.05, 0) is 30.9 Å². The minimum absolute atomic E-state index is 0.161. The molecule has 0 aromatic rings. The summed E-state index contributed by atoms with van der Waals surface area (Å²) in [6, 6.07) is 0. The summed E-state index contributed by atoms with van der Waals surface area (Å²) in [5.74, 6) is -0.350. The minimum atomic E-state index is -0.603. The van der Waals surface area contributed by atoms with Gasteiger partial charge >= 0.3 is 12.1 Å². The topological polar surface area (TPSA) is 65.1 Å². The molecule has 1 aliphatic rings. The third kappa shape index (κ3) is 9.61. The average molecular weight is 449 g/mol. The highest BCUT2D eigenvalue weighted by Gasteiger charge is 2.22. The van der Waals surface area contributed by atoms with Crippen molar-refractivity contribution < 1.29 is 23.9 Å².